The van der Waals surface area contributed by atoms with Crippen molar-refractivity contribution in [3.63, 3.8) is 0 Å². The van der Waals surface area contributed by atoms with Crippen LogP contribution in [-0.2, 0) is 12.2 Å². The molecule has 0 N–H and O–H groups in total. The van der Waals surface area contributed by atoms with Crippen molar-refractivity contribution in [1.29, 1.82) is 0 Å². The van der Waals surface area contributed by atoms with E-state index in [1.165, 1.54) is 32.1 Å². The molecule has 0 amide bonds. The first-order valence-corrected chi connectivity index (χ1v) is 7.96. The molecule has 0 bridgehead atoms. The number of halogens is 1. The van der Waals surface area contributed by atoms with Crippen LogP contribution in [0.1, 0.15) is 50.2 Å². The molecule has 0 saturated heterocycles. The number of aryl methyl sites for hydroxylation is 1. The molecular formula is C12H19ClN2OS. The molecule has 1 aliphatic carbocycles. The molecule has 0 atom stereocenters. The third-order valence-corrected chi connectivity index (χ3v) is 4.67. The molecule has 0 aromatic carbocycles. The standard InChI is InChI=1S/C12H19ClN2OS/c13-8-4-7-12-14-11(15-16-12)9-17-10-5-2-1-3-6-10/h10H,1-9H2. The van der Waals surface area contributed by atoms with Crippen LogP contribution in [-0.4, -0.2) is 21.3 Å². The predicted molar refractivity (Wildman–Crippen MR) is 71.5 cm³/mol. The summed E-state index contributed by atoms with van der Waals surface area (Å²) in [7, 11) is 0. The maximum absolute atomic E-state index is 5.63. The summed E-state index contributed by atoms with van der Waals surface area (Å²) in [4.78, 5) is 4.37. The van der Waals surface area contributed by atoms with Crippen LogP contribution in [0.15, 0.2) is 4.52 Å². The number of nitrogens with zero attached hydrogens (tertiary/aromatic N) is 2. The van der Waals surface area contributed by atoms with E-state index in [0.29, 0.717) is 5.88 Å². The fraction of sp³-hybridized carbons (Fsp3) is 0.833. The maximum Gasteiger partial charge on any atom is 0.226 e. The van der Waals surface area contributed by atoms with Gasteiger partial charge in [0.1, 0.15) is 0 Å². The Morgan fingerprint density at radius 3 is 2.88 bits per heavy atom. The molecule has 5 heteroatoms. The topological polar surface area (TPSA) is 38.9 Å². The Balaban J connectivity index is 1.72. The van der Waals surface area contributed by atoms with Gasteiger partial charge in [0.2, 0.25) is 5.89 Å². The average Bonchev–Trinajstić information content (AvgIpc) is 2.83. The highest BCUT2D eigenvalue weighted by Crippen LogP contribution is 2.29. The van der Waals surface area contributed by atoms with Gasteiger partial charge in [-0.2, -0.15) is 16.7 Å². The number of rotatable bonds is 6. The molecule has 96 valence electrons. The lowest BCUT2D eigenvalue weighted by Crippen LogP contribution is -2.08. The summed E-state index contributed by atoms with van der Waals surface area (Å²) in [5.74, 6) is 3.10. The van der Waals surface area contributed by atoms with E-state index in [2.05, 4.69) is 10.1 Å². The van der Waals surface area contributed by atoms with E-state index in [4.69, 9.17) is 16.1 Å². The Morgan fingerprint density at radius 1 is 1.29 bits per heavy atom. The smallest absolute Gasteiger partial charge is 0.226 e. The minimum atomic E-state index is 0.647. The molecule has 1 saturated carbocycles. The molecule has 3 nitrogen and oxygen atoms in total. The van der Waals surface area contributed by atoms with Crippen molar-refractivity contribution in [1.82, 2.24) is 10.1 Å². The van der Waals surface area contributed by atoms with Crippen molar-refractivity contribution < 1.29 is 4.52 Å². The summed E-state index contributed by atoms with van der Waals surface area (Å²) in [6, 6.07) is 0. The number of alkyl halides is 1. The predicted octanol–water partition coefficient (Wildman–Crippen LogP) is 3.81. The Morgan fingerprint density at radius 2 is 2.12 bits per heavy atom. The van der Waals surface area contributed by atoms with Crippen LogP contribution in [0.5, 0.6) is 0 Å². The second-order valence-electron chi connectivity index (χ2n) is 4.47. The summed E-state index contributed by atoms with van der Waals surface area (Å²) in [6.45, 7) is 0. The van der Waals surface area contributed by atoms with Gasteiger partial charge in [0.15, 0.2) is 5.82 Å². The quantitative estimate of drug-likeness (QED) is 0.740. The molecule has 1 aromatic rings. The lowest BCUT2D eigenvalue weighted by molar-refractivity contribution is 0.373. The molecule has 1 aliphatic rings. The summed E-state index contributed by atoms with van der Waals surface area (Å²) in [5, 5.41) is 4.80. The van der Waals surface area contributed by atoms with Gasteiger partial charge >= 0.3 is 0 Å². The van der Waals surface area contributed by atoms with Crippen LogP contribution in [0.25, 0.3) is 0 Å². The Bertz CT molecular complexity index is 326. The summed E-state index contributed by atoms with van der Waals surface area (Å²) in [5.41, 5.74) is 0. The first kappa shape index (κ1) is 13.2. The summed E-state index contributed by atoms with van der Waals surface area (Å²) in [6.07, 6.45) is 8.56. The number of thioether (sulfide) groups is 1. The lowest BCUT2D eigenvalue weighted by atomic mass is 10.0. The largest absolute Gasteiger partial charge is 0.339 e. The zero-order valence-corrected chi connectivity index (χ0v) is 11.6. The molecule has 0 aliphatic heterocycles. The third kappa shape index (κ3) is 4.51. The minimum absolute atomic E-state index is 0.647. The molecule has 17 heavy (non-hydrogen) atoms. The van der Waals surface area contributed by atoms with Gasteiger partial charge in [0.25, 0.3) is 0 Å². The SMILES string of the molecule is ClCCCc1nc(CSC2CCCCC2)no1. The average molecular weight is 275 g/mol. The molecule has 2 rings (SSSR count). The molecule has 1 aromatic heterocycles. The molecule has 0 unspecified atom stereocenters. The molecule has 0 radical (unpaired) electrons. The molecule has 1 heterocycles. The highest BCUT2D eigenvalue weighted by atomic mass is 35.5. The minimum Gasteiger partial charge on any atom is -0.339 e. The first-order valence-electron chi connectivity index (χ1n) is 6.37. The Hall–Kier alpha value is -0.220. The van der Waals surface area contributed by atoms with Gasteiger partial charge in [-0.3, -0.25) is 0 Å². The fourth-order valence-electron chi connectivity index (χ4n) is 2.09. The van der Waals surface area contributed by atoms with E-state index >= 15 is 0 Å². The lowest BCUT2D eigenvalue weighted by Gasteiger charge is -2.19. The highest BCUT2D eigenvalue weighted by Gasteiger charge is 2.15. The Kier molecular flexibility index (Phi) is 5.65. The van der Waals surface area contributed by atoms with Crippen molar-refractivity contribution in [2.24, 2.45) is 0 Å². The van der Waals surface area contributed by atoms with E-state index in [0.717, 1.165) is 35.6 Å². The van der Waals surface area contributed by atoms with Gasteiger partial charge in [0.05, 0.1) is 5.75 Å². The first-order chi connectivity index (χ1) is 8.38. The monoisotopic (exact) mass is 274 g/mol. The van der Waals surface area contributed by atoms with Crippen LogP contribution in [0.2, 0.25) is 0 Å². The Labute approximate surface area is 112 Å². The second-order valence-corrected chi connectivity index (χ2v) is 6.13. The van der Waals surface area contributed by atoms with Crippen LogP contribution in [0.3, 0.4) is 0 Å². The van der Waals surface area contributed by atoms with Crippen molar-refractivity contribution in [3.8, 4) is 0 Å². The van der Waals surface area contributed by atoms with Gasteiger partial charge in [-0.25, -0.2) is 0 Å². The van der Waals surface area contributed by atoms with E-state index < -0.39 is 0 Å². The van der Waals surface area contributed by atoms with Gasteiger partial charge in [-0.15, -0.1) is 11.6 Å². The van der Waals surface area contributed by atoms with Gasteiger partial charge < -0.3 is 4.52 Å². The highest BCUT2D eigenvalue weighted by molar-refractivity contribution is 7.99. The van der Waals surface area contributed by atoms with Crippen LogP contribution in [0, 0.1) is 0 Å². The molecule has 0 spiro atoms. The van der Waals surface area contributed by atoms with E-state index in [1.54, 1.807) is 0 Å². The fourth-order valence-corrected chi connectivity index (χ4v) is 3.39. The zero-order valence-electron chi connectivity index (χ0n) is 10.0. The third-order valence-electron chi connectivity index (χ3n) is 3.03. The van der Waals surface area contributed by atoms with Crippen molar-refractivity contribution in [2.75, 3.05) is 5.88 Å². The van der Waals surface area contributed by atoms with Gasteiger partial charge in [0, 0.05) is 17.6 Å². The normalized spacial score (nSPS) is 17.5. The summed E-state index contributed by atoms with van der Waals surface area (Å²) < 4.78 is 5.17. The van der Waals surface area contributed by atoms with E-state index in [1.807, 2.05) is 11.8 Å². The van der Waals surface area contributed by atoms with Gasteiger partial charge in [-0.1, -0.05) is 24.4 Å². The molecular weight excluding hydrogens is 256 g/mol. The van der Waals surface area contributed by atoms with Crippen LogP contribution >= 0.6 is 23.4 Å². The second kappa shape index (κ2) is 7.27. The van der Waals surface area contributed by atoms with Crippen LogP contribution in [0.4, 0.5) is 0 Å². The van der Waals surface area contributed by atoms with Crippen LogP contribution < -0.4 is 0 Å². The zero-order chi connectivity index (χ0) is 11.9. The van der Waals surface area contributed by atoms with Crippen molar-refractivity contribution >= 4 is 23.4 Å². The summed E-state index contributed by atoms with van der Waals surface area (Å²) >= 11 is 7.60. The number of hydrogen-bond acceptors (Lipinski definition) is 4. The number of aromatic nitrogens is 2. The van der Waals surface area contributed by atoms with Crippen molar-refractivity contribution in [2.45, 2.75) is 55.9 Å². The molecule has 1 fully saturated rings. The van der Waals surface area contributed by atoms with Gasteiger partial charge in [-0.05, 0) is 19.3 Å². The maximum atomic E-state index is 5.63. The van der Waals surface area contributed by atoms with E-state index in [9.17, 15) is 0 Å². The van der Waals surface area contributed by atoms with Crippen molar-refractivity contribution in [3.05, 3.63) is 11.7 Å². The number of hydrogen-bond donors (Lipinski definition) is 0. The van der Waals surface area contributed by atoms with E-state index in [-0.39, 0.29) is 0 Å².